The van der Waals surface area contributed by atoms with Gasteiger partial charge in [-0.15, -0.1) is 0 Å². The maximum absolute atomic E-state index is 13.2. The lowest BCUT2D eigenvalue weighted by molar-refractivity contribution is 0.0884. The molecule has 2 atom stereocenters. The van der Waals surface area contributed by atoms with Crippen molar-refractivity contribution in [1.29, 1.82) is 0 Å². The van der Waals surface area contributed by atoms with Crippen molar-refractivity contribution in [2.75, 3.05) is 44.2 Å². The van der Waals surface area contributed by atoms with Gasteiger partial charge >= 0.3 is 0 Å². The highest BCUT2D eigenvalue weighted by Gasteiger charge is 2.48. The largest absolute Gasteiger partial charge is 0.487 e. The van der Waals surface area contributed by atoms with Crippen LogP contribution in [0.2, 0.25) is 0 Å². The average Bonchev–Trinajstić information content (AvgIpc) is 3.40. The van der Waals surface area contributed by atoms with Gasteiger partial charge in [0.15, 0.2) is 0 Å². The number of halogens is 1. The molecule has 33 heavy (non-hydrogen) atoms. The number of hydrogen-bond donors (Lipinski definition) is 1. The second-order valence-electron chi connectivity index (χ2n) is 10.8. The van der Waals surface area contributed by atoms with Crippen LogP contribution in [-0.4, -0.2) is 49.8 Å². The summed E-state index contributed by atoms with van der Waals surface area (Å²) in [6.45, 7) is 18.5. The molecule has 0 radical (unpaired) electrons. The molecule has 5 rings (SSSR count). The van der Waals surface area contributed by atoms with E-state index in [2.05, 4.69) is 49.7 Å². The highest BCUT2D eigenvalue weighted by molar-refractivity contribution is 5.71. The zero-order valence-electron chi connectivity index (χ0n) is 20.8. The van der Waals surface area contributed by atoms with Gasteiger partial charge in [0.2, 0.25) is 0 Å². The Bertz CT molecular complexity index is 1020. The van der Waals surface area contributed by atoms with Crippen molar-refractivity contribution in [1.82, 2.24) is 10.2 Å². The molecule has 0 aliphatic carbocycles. The van der Waals surface area contributed by atoms with Crippen molar-refractivity contribution in [2.45, 2.75) is 59.1 Å². The van der Waals surface area contributed by atoms with Crippen LogP contribution in [0.3, 0.4) is 0 Å². The van der Waals surface area contributed by atoms with Gasteiger partial charge in [-0.25, -0.2) is 4.39 Å². The highest BCUT2D eigenvalue weighted by atomic mass is 19.1. The van der Waals surface area contributed by atoms with Gasteiger partial charge < -0.3 is 15.0 Å². The lowest BCUT2D eigenvalue weighted by Gasteiger charge is -2.38. The fraction of sp³-hybridized carbons (Fsp3) is 0.571. The number of rotatable bonds is 4. The van der Waals surface area contributed by atoms with E-state index in [0.717, 1.165) is 51.6 Å². The predicted molar refractivity (Wildman–Crippen MR) is 133 cm³/mol. The molecule has 2 aromatic rings. The number of ether oxygens (including phenoxy) is 1. The van der Waals surface area contributed by atoms with E-state index < -0.39 is 0 Å². The quantitative estimate of drug-likeness (QED) is 0.713. The van der Waals surface area contributed by atoms with Gasteiger partial charge in [-0.2, -0.15) is 0 Å². The molecule has 178 valence electrons. The summed E-state index contributed by atoms with van der Waals surface area (Å²) >= 11 is 0. The van der Waals surface area contributed by atoms with Crippen LogP contribution in [0.5, 0.6) is 5.75 Å². The van der Waals surface area contributed by atoms with E-state index in [1.807, 2.05) is 12.1 Å². The Morgan fingerprint density at radius 2 is 1.70 bits per heavy atom. The van der Waals surface area contributed by atoms with Gasteiger partial charge in [-0.3, -0.25) is 4.90 Å². The normalized spacial score (nSPS) is 24.7. The molecule has 2 saturated heterocycles. The molecule has 2 fully saturated rings. The number of benzene rings is 2. The second kappa shape index (κ2) is 8.59. The first kappa shape index (κ1) is 22.7. The van der Waals surface area contributed by atoms with E-state index in [0.29, 0.717) is 11.8 Å². The molecule has 1 N–H and O–H groups in total. The molecule has 3 aliphatic rings. The van der Waals surface area contributed by atoms with Crippen molar-refractivity contribution < 1.29 is 9.13 Å². The summed E-state index contributed by atoms with van der Waals surface area (Å²) in [7, 11) is 0. The standard InChI is InChI=1S/C28H38FN3O/c1-18-19(2)27-24(25(28(4,5)33-27)22-10-11-30-16-22)20(3)26(18)32-14-12-31(13-15-32)17-21-6-8-23(29)9-7-21/h6-9,22,25,30H,10-17H2,1-5H3. The molecule has 2 aromatic carbocycles. The summed E-state index contributed by atoms with van der Waals surface area (Å²) < 4.78 is 19.9. The van der Waals surface area contributed by atoms with E-state index in [1.54, 1.807) is 12.1 Å². The molecule has 0 bridgehead atoms. The Balaban J connectivity index is 1.40. The van der Waals surface area contributed by atoms with Crippen molar-refractivity contribution in [3.05, 3.63) is 57.9 Å². The van der Waals surface area contributed by atoms with Crippen molar-refractivity contribution in [3.8, 4) is 5.75 Å². The molecule has 3 heterocycles. The summed E-state index contributed by atoms with van der Waals surface area (Å²) in [5.74, 6) is 2.04. The molecule has 0 amide bonds. The van der Waals surface area contributed by atoms with Crippen LogP contribution in [0.4, 0.5) is 10.1 Å². The lowest BCUT2D eigenvalue weighted by atomic mass is 9.74. The first-order valence-electron chi connectivity index (χ1n) is 12.5. The fourth-order valence-electron chi connectivity index (χ4n) is 6.53. The third kappa shape index (κ3) is 4.04. The zero-order chi connectivity index (χ0) is 23.3. The summed E-state index contributed by atoms with van der Waals surface area (Å²) in [5, 5.41) is 3.58. The van der Waals surface area contributed by atoms with Crippen molar-refractivity contribution in [2.24, 2.45) is 5.92 Å². The van der Waals surface area contributed by atoms with Crippen LogP contribution in [0, 0.1) is 32.5 Å². The Hall–Kier alpha value is -2.11. The number of hydrogen-bond acceptors (Lipinski definition) is 4. The number of anilines is 1. The van der Waals surface area contributed by atoms with Crippen molar-refractivity contribution >= 4 is 5.69 Å². The van der Waals surface area contributed by atoms with E-state index in [-0.39, 0.29) is 11.4 Å². The first-order valence-corrected chi connectivity index (χ1v) is 12.5. The van der Waals surface area contributed by atoms with E-state index in [4.69, 9.17) is 4.74 Å². The van der Waals surface area contributed by atoms with Crippen molar-refractivity contribution in [3.63, 3.8) is 0 Å². The number of piperazine rings is 1. The summed E-state index contributed by atoms with van der Waals surface area (Å²) in [6, 6.07) is 6.93. The maximum Gasteiger partial charge on any atom is 0.127 e. The van der Waals surface area contributed by atoms with Crippen LogP contribution >= 0.6 is 0 Å². The summed E-state index contributed by atoms with van der Waals surface area (Å²) in [4.78, 5) is 5.07. The monoisotopic (exact) mass is 451 g/mol. The van der Waals surface area contributed by atoms with Gasteiger partial charge in [0, 0.05) is 49.9 Å². The van der Waals surface area contributed by atoms with Gasteiger partial charge in [-0.05, 0) is 94.4 Å². The number of nitrogens with zero attached hydrogens (tertiary/aromatic N) is 2. The average molecular weight is 452 g/mol. The molecular formula is C28H38FN3O. The third-order valence-electron chi connectivity index (χ3n) is 8.27. The molecule has 0 saturated carbocycles. The number of fused-ring (bicyclic) bond motifs is 1. The van der Waals surface area contributed by atoms with Gasteiger partial charge in [-0.1, -0.05) is 12.1 Å². The molecular weight excluding hydrogens is 413 g/mol. The fourth-order valence-corrected chi connectivity index (χ4v) is 6.53. The molecule has 5 heteroatoms. The van der Waals surface area contributed by atoms with Crippen LogP contribution in [-0.2, 0) is 6.54 Å². The van der Waals surface area contributed by atoms with E-state index in [9.17, 15) is 4.39 Å². The molecule has 3 aliphatic heterocycles. The van der Waals surface area contributed by atoms with Gasteiger partial charge in [0.1, 0.15) is 17.2 Å². The minimum Gasteiger partial charge on any atom is -0.487 e. The van der Waals surface area contributed by atoms with Gasteiger partial charge in [0.05, 0.1) is 0 Å². The molecule has 4 nitrogen and oxygen atoms in total. The second-order valence-corrected chi connectivity index (χ2v) is 10.8. The Morgan fingerprint density at radius 3 is 2.33 bits per heavy atom. The van der Waals surface area contributed by atoms with Crippen LogP contribution in [0.25, 0.3) is 0 Å². The predicted octanol–water partition coefficient (Wildman–Crippen LogP) is 4.94. The van der Waals surface area contributed by atoms with Gasteiger partial charge in [0.25, 0.3) is 0 Å². The number of nitrogens with one attached hydrogen (secondary N) is 1. The lowest BCUT2D eigenvalue weighted by Crippen LogP contribution is -2.46. The summed E-state index contributed by atoms with van der Waals surface area (Å²) in [6.07, 6.45) is 1.22. The zero-order valence-corrected chi connectivity index (χ0v) is 20.8. The highest BCUT2D eigenvalue weighted by Crippen LogP contribution is 2.55. The van der Waals surface area contributed by atoms with Crippen LogP contribution < -0.4 is 15.0 Å². The van der Waals surface area contributed by atoms with Crippen LogP contribution in [0.15, 0.2) is 24.3 Å². The minimum atomic E-state index is -0.173. The molecule has 0 spiro atoms. The smallest absolute Gasteiger partial charge is 0.127 e. The third-order valence-corrected chi connectivity index (χ3v) is 8.27. The summed E-state index contributed by atoms with van der Waals surface area (Å²) in [5.41, 5.74) is 7.97. The minimum absolute atomic E-state index is 0.166. The first-order chi connectivity index (χ1) is 15.8. The van der Waals surface area contributed by atoms with E-state index in [1.165, 1.54) is 39.9 Å². The Kier molecular flexibility index (Phi) is 5.90. The Morgan fingerprint density at radius 1 is 1.00 bits per heavy atom. The molecule has 0 aromatic heterocycles. The SMILES string of the molecule is Cc1c(C)c(N2CCN(Cc3ccc(F)cc3)CC2)c(C)c2c1OC(C)(C)C2C1CCNC1. The Labute approximate surface area is 198 Å². The van der Waals surface area contributed by atoms with Crippen LogP contribution in [0.1, 0.15) is 54.0 Å². The van der Waals surface area contributed by atoms with E-state index >= 15 is 0 Å². The molecule has 2 unspecified atom stereocenters. The maximum atomic E-state index is 13.2. The topological polar surface area (TPSA) is 27.7 Å².